The van der Waals surface area contributed by atoms with Gasteiger partial charge in [0.2, 0.25) is 10.0 Å². The number of sulfonamides is 1. The zero-order valence-electron chi connectivity index (χ0n) is 13.8. The molecule has 5 nitrogen and oxygen atoms in total. The van der Waals surface area contributed by atoms with Gasteiger partial charge >= 0.3 is 0 Å². The van der Waals surface area contributed by atoms with Gasteiger partial charge in [-0.05, 0) is 62.1 Å². The van der Waals surface area contributed by atoms with E-state index in [1.165, 1.54) is 0 Å². The van der Waals surface area contributed by atoms with Crippen molar-refractivity contribution in [2.24, 2.45) is 5.92 Å². The minimum Gasteiger partial charge on any atom is -0.324 e. The summed E-state index contributed by atoms with van der Waals surface area (Å²) in [5.41, 5.74) is 0.929. The van der Waals surface area contributed by atoms with Gasteiger partial charge in [-0.1, -0.05) is 0 Å². The Hall–Kier alpha value is -1.96. The molecule has 0 radical (unpaired) electrons. The monoisotopic (exact) mass is 373 g/mol. The van der Waals surface area contributed by atoms with Crippen molar-refractivity contribution in [1.82, 2.24) is 14.3 Å². The van der Waals surface area contributed by atoms with E-state index >= 15 is 0 Å². The summed E-state index contributed by atoms with van der Waals surface area (Å²) >= 11 is 1.56. The van der Waals surface area contributed by atoms with Crippen molar-refractivity contribution in [2.45, 2.75) is 30.7 Å². The lowest BCUT2D eigenvalue weighted by Gasteiger charge is -2.16. The first-order valence-corrected chi connectivity index (χ1v) is 10.5. The average molecular weight is 374 g/mol. The van der Waals surface area contributed by atoms with E-state index in [2.05, 4.69) is 9.71 Å². The molecule has 4 rings (SSSR count). The first-order valence-electron chi connectivity index (χ1n) is 8.21. The van der Waals surface area contributed by atoms with Crippen molar-refractivity contribution in [3.63, 3.8) is 0 Å². The summed E-state index contributed by atoms with van der Waals surface area (Å²) in [5, 5.41) is 0.854. The SMILES string of the molecule is Cc1cnc(C(NS(=O)(=O)c2ccc(-n3cccc3)cc2)C2CC2)s1. The van der Waals surface area contributed by atoms with Crippen LogP contribution in [0.3, 0.4) is 0 Å². The van der Waals surface area contributed by atoms with Crippen LogP contribution in [0.15, 0.2) is 59.9 Å². The van der Waals surface area contributed by atoms with Gasteiger partial charge in [0.1, 0.15) is 5.01 Å². The maximum absolute atomic E-state index is 12.8. The van der Waals surface area contributed by atoms with Crippen LogP contribution in [-0.2, 0) is 10.0 Å². The Labute approximate surface area is 151 Å². The highest BCUT2D eigenvalue weighted by Crippen LogP contribution is 2.42. The lowest BCUT2D eigenvalue weighted by Crippen LogP contribution is -2.30. The number of aryl methyl sites for hydroxylation is 1. The molecule has 0 spiro atoms. The molecular formula is C18H19N3O2S2. The Kier molecular flexibility index (Phi) is 4.23. The van der Waals surface area contributed by atoms with Gasteiger partial charge in [0.25, 0.3) is 0 Å². The third-order valence-electron chi connectivity index (χ3n) is 4.33. The first kappa shape index (κ1) is 16.5. The number of thiazole rings is 1. The lowest BCUT2D eigenvalue weighted by atomic mass is 10.2. The van der Waals surface area contributed by atoms with Gasteiger partial charge in [-0.15, -0.1) is 11.3 Å². The number of rotatable bonds is 6. The van der Waals surface area contributed by atoms with Crippen LogP contribution < -0.4 is 4.72 Å². The predicted octanol–water partition coefficient (Wildman–Crippen LogP) is 3.67. The topological polar surface area (TPSA) is 64.0 Å². The summed E-state index contributed by atoms with van der Waals surface area (Å²) in [7, 11) is -3.58. The van der Waals surface area contributed by atoms with E-state index in [9.17, 15) is 8.42 Å². The number of nitrogens with zero attached hydrogens (tertiary/aromatic N) is 2. The Morgan fingerprint density at radius 1 is 1.20 bits per heavy atom. The molecule has 0 aliphatic heterocycles. The van der Waals surface area contributed by atoms with Gasteiger partial charge < -0.3 is 4.57 Å². The second-order valence-electron chi connectivity index (χ2n) is 6.33. The second-order valence-corrected chi connectivity index (χ2v) is 9.31. The molecule has 7 heteroatoms. The largest absolute Gasteiger partial charge is 0.324 e. The summed E-state index contributed by atoms with van der Waals surface area (Å²) < 4.78 is 30.4. The zero-order chi connectivity index (χ0) is 17.4. The maximum atomic E-state index is 12.8. The quantitative estimate of drug-likeness (QED) is 0.717. The fourth-order valence-corrected chi connectivity index (χ4v) is 5.10. The fraction of sp³-hybridized carbons (Fsp3) is 0.278. The summed E-state index contributed by atoms with van der Waals surface area (Å²) in [5.74, 6) is 0.347. The third-order valence-corrected chi connectivity index (χ3v) is 6.78. The number of aromatic nitrogens is 2. The minimum atomic E-state index is -3.58. The van der Waals surface area contributed by atoms with Crippen molar-refractivity contribution in [2.75, 3.05) is 0 Å². The van der Waals surface area contributed by atoms with Gasteiger partial charge in [-0.25, -0.2) is 18.1 Å². The normalized spacial score (nSPS) is 16.0. The molecule has 25 heavy (non-hydrogen) atoms. The summed E-state index contributed by atoms with van der Waals surface area (Å²) in [6.07, 6.45) is 7.73. The van der Waals surface area contributed by atoms with Crippen LogP contribution in [0.1, 0.15) is 28.8 Å². The van der Waals surface area contributed by atoms with E-state index in [-0.39, 0.29) is 10.9 Å². The molecule has 130 valence electrons. The molecule has 2 aromatic heterocycles. The van der Waals surface area contributed by atoms with Crippen LogP contribution in [0.4, 0.5) is 0 Å². The molecule has 3 aromatic rings. The van der Waals surface area contributed by atoms with Crippen molar-refractivity contribution in [3.05, 3.63) is 64.9 Å². The molecule has 1 aliphatic carbocycles. The van der Waals surface area contributed by atoms with Gasteiger partial charge in [-0.2, -0.15) is 0 Å². The Morgan fingerprint density at radius 2 is 1.88 bits per heavy atom. The summed E-state index contributed by atoms with van der Waals surface area (Å²) in [6, 6.07) is 10.6. The highest BCUT2D eigenvalue weighted by Gasteiger charge is 2.37. The predicted molar refractivity (Wildman–Crippen MR) is 98.4 cm³/mol. The van der Waals surface area contributed by atoms with Gasteiger partial charge in [0.05, 0.1) is 10.9 Å². The van der Waals surface area contributed by atoms with Gasteiger partial charge in [0.15, 0.2) is 0 Å². The standard InChI is InChI=1S/C18H19N3O2S2/c1-13-12-19-18(24-13)17(14-4-5-14)20-25(22,23)16-8-6-15(7-9-16)21-10-2-3-11-21/h2-3,6-12,14,17,20H,4-5H2,1H3. The number of nitrogens with one attached hydrogen (secondary N) is 1. The van der Waals surface area contributed by atoms with Crippen molar-refractivity contribution >= 4 is 21.4 Å². The van der Waals surface area contributed by atoms with Crippen LogP contribution in [0, 0.1) is 12.8 Å². The molecule has 0 bridgehead atoms. The molecule has 1 aromatic carbocycles. The molecule has 0 amide bonds. The second kappa shape index (κ2) is 6.40. The van der Waals surface area contributed by atoms with E-state index in [1.54, 1.807) is 29.7 Å². The van der Waals surface area contributed by atoms with Crippen LogP contribution in [-0.4, -0.2) is 18.0 Å². The van der Waals surface area contributed by atoms with E-state index < -0.39 is 10.0 Å². The average Bonchev–Trinajstić information content (AvgIpc) is 3.11. The van der Waals surface area contributed by atoms with E-state index in [0.29, 0.717) is 5.92 Å². The zero-order valence-corrected chi connectivity index (χ0v) is 15.4. The third kappa shape index (κ3) is 3.53. The van der Waals surface area contributed by atoms with Crippen LogP contribution in [0.25, 0.3) is 5.69 Å². The van der Waals surface area contributed by atoms with Crippen LogP contribution in [0.5, 0.6) is 0 Å². The molecule has 1 fully saturated rings. The highest BCUT2D eigenvalue weighted by molar-refractivity contribution is 7.89. The van der Waals surface area contributed by atoms with Crippen molar-refractivity contribution in [3.8, 4) is 5.69 Å². The van der Waals surface area contributed by atoms with Crippen molar-refractivity contribution in [1.29, 1.82) is 0 Å². The van der Waals surface area contributed by atoms with E-state index in [1.807, 2.05) is 48.1 Å². The lowest BCUT2D eigenvalue weighted by molar-refractivity contribution is 0.527. The smallest absolute Gasteiger partial charge is 0.241 e. The number of hydrogen-bond acceptors (Lipinski definition) is 4. The summed E-state index contributed by atoms with van der Waals surface area (Å²) in [4.78, 5) is 5.76. The maximum Gasteiger partial charge on any atom is 0.241 e. The highest BCUT2D eigenvalue weighted by atomic mass is 32.2. The van der Waals surface area contributed by atoms with Crippen LogP contribution >= 0.6 is 11.3 Å². The number of benzene rings is 1. The molecule has 1 N–H and O–H groups in total. The van der Waals surface area contributed by atoms with Gasteiger partial charge in [0, 0.05) is 29.2 Å². The minimum absolute atomic E-state index is 0.229. The first-order chi connectivity index (χ1) is 12.0. The number of hydrogen-bond donors (Lipinski definition) is 1. The Morgan fingerprint density at radius 3 is 2.44 bits per heavy atom. The van der Waals surface area contributed by atoms with E-state index in [0.717, 1.165) is 28.4 Å². The molecule has 1 atom stereocenters. The molecule has 1 unspecified atom stereocenters. The fourth-order valence-electron chi connectivity index (χ4n) is 2.83. The molecule has 1 aliphatic rings. The Bertz CT molecular complexity index is 956. The molecule has 1 saturated carbocycles. The summed E-state index contributed by atoms with van der Waals surface area (Å²) in [6.45, 7) is 1.99. The van der Waals surface area contributed by atoms with Crippen molar-refractivity contribution < 1.29 is 8.42 Å². The molecular weight excluding hydrogens is 354 g/mol. The Balaban J connectivity index is 1.58. The molecule has 0 saturated heterocycles. The van der Waals surface area contributed by atoms with Crippen LogP contribution in [0.2, 0.25) is 0 Å². The van der Waals surface area contributed by atoms with E-state index in [4.69, 9.17) is 0 Å². The molecule has 2 heterocycles. The van der Waals surface area contributed by atoms with Gasteiger partial charge in [-0.3, -0.25) is 0 Å².